The van der Waals surface area contributed by atoms with Crippen molar-refractivity contribution in [3.63, 3.8) is 0 Å². The highest BCUT2D eigenvalue weighted by Crippen LogP contribution is 2.37. The van der Waals surface area contributed by atoms with Gasteiger partial charge < -0.3 is 10.1 Å². The molecule has 2 nitrogen and oxygen atoms in total. The molecule has 110 valence electrons. The van der Waals surface area contributed by atoms with E-state index in [2.05, 4.69) is 25.2 Å². The van der Waals surface area contributed by atoms with Gasteiger partial charge in [0.05, 0.1) is 0 Å². The minimum Gasteiger partial charge on any atom is -0.487 e. The summed E-state index contributed by atoms with van der Waals surface area (Å²) in [6.45, 7) is 4.70. The molecule has 2 aromatic carbocycles. The van der Waals surface area contributed by atoms with Gasteiger partial charge in [-0.3, -0.25) is 0 Å². The summed E-state index contributed by atoms with van der Waals surface area (Å²) < 4.78 is 19.9. The average Bonchev–Trinajstić information content (AvgIpc) is 2.74. The molecule has 0 saturated carbocycles. The maximum Gasteiger partial charge on any atom is 0.128 e. The summed E-state index contributed by atoms with van der Waals surface area (Å²) in [4.78, 5) is 0. The van der Waals surface area contributed by atoms with E-state index in [4.69, 9.17) is 4.74 Å². The highest BCUT2D eigenvalue weighted by molar-refractivity contribution is 5.66. The molecule has 1 aliphatic rings. The zero-order valence-corrected chi connectivity index (χ0v) is 12.7. The molecule has 0 fully saturated rings. The van der Waals surface area contributed by atoms with Gasteiger partial charge in [-0.05, 0) is 55.8 Å². The van der Waals surface area contributed by atoms with Crippen molar-refractivity contribution < 1.29 is 9.13 Å². The van der Waals surface area contributed by atoms with E-state index in [0.29, 0.717) is 12.1 Å². The van der Waals surface area contributed by atoms with Crippen LogP contribution >= 0.6 is 0 Å². The van der Waals surface area contributed by atoms with Crippen molar-refractivity contribution >= 4 is 0 Å². The largest absolute Gasteiger partial charge is 0.487 e. The molecule has 0 atom stereocenters. The van der Waals surface area contributed by atoms with Crippen molar-refractivity contribution in [2.75, 3.05) is 7.05 Å². The Balaban J connectivity index is 1.94. The molecule has 0 radical (unpaired) electrons. The molecular formula is C18H20FNO. The Morgan fingerprint density at radius 3 is 2.57 bits per heavy atom. The van der Waals surface area contributed by atoms with Crippen molar-refractivity contribution in [2.45, 2.75) is 32.4 Å². The van der Waals surface area contributed by atoms with Gasteiger partial charge in [-0.25, -0.2) is 4.39 Å². The third kappa shape index (κ3) is 2.79. The van der Waals surface area contributed by atoms with Gasteiger partial charge in [0.15, 0.2) is 0 Å². The predicted octanol–water partition coefficient (Wildman–Crippen LogP) is 3.93. The molecule has 1 heterocycles. The molecule has 3 heteroatoms. The van der Waals surface area contributed by atoms with Gasteiger partial charge in [-0.1, -0.05) is 18.2 Å². The van der Waals surface area contributed by atoms with Crippen LogP contribution in [0.5, 0.6) is 5.75 Å². The second-order valence-electron chi connectivity index (χ2n) is 6.20. The molecule has 0 aliphatic carbocycles. The van der Waals surface area contributed by atoms with Gasteiger partial charge >= 0.3 is 0 Å². The highest BCUT2D eigenvalue weighted by Gasteiger charge is 2.29. The van der Waals surface area contributed by atoms with Gasteiger partial charge in [0.2, 0.25) is 0 Å². The first-order chi connectivity index (χ1) is 9.98. The van der Waals surface area contributed by atoms with E-state index < -0.39 is 0 Å². The summed E-state index contributed by atoms with van der Waals surface area (Å²) in [6.07, 6.45) is 0.885. The van der Waals surface area contributed by atoms with E-state index in [-0.39, 0.29) is 11.4 Å². The summed E-state index contributed by atoms with van der Waals surface area (Å²) in [5.41, 5.74) is 3.66. The topological polar surface area (TPSA) is 21.3 Å². The molecule has 0 amide bonds. The molecular weight excluding hydrogens is 265 g/mol. The van der Waals surface area contributed by atoms with Gasteiger partial charge in [-0.2, -0.15) is 0 Å². The zero-order valence-electron chi connectivity index (χ0n) is 12.7. The molecule has 0 aromatic heterocycles. The minimum absolute atomic E-state index is 0.150. The molecule has 21 heavy (non-hydrogen) atoms. The normalized spacial score (nSPS) is 15.6. The monoisotopic (exact) mass is 285 g/mol. The second-order valence-corrected chi connectivity index (χ2v) is 6.20. The molecule has 1 N–H and O–H groups in total. The minimum atomic E-state index is -0.168. The Kier molecular flexibility index (Phi) is 3.46. The molecule has 1 aliphatic heterocycles. The van der Waals surface area contributed by atoms with Crippen molar-refractivity contribution in [2.24, 2.45) is 0 Å². The van der Waals surface area contributed by atoms with Crippen LogP contribution in [0.25, 0.3) is 11.1 Å². The van der Waals surface area contributed by atoms with Crippen molar-refractivity contribution in [3.05, 3.63) is 53.3 Å². The summed E-state index contributed by atoms with van der Waals surface area (Å²) in [5.74, 6) is 0.773. The lowest BCUT2D eigenvalue weighted by molar-refractivity contribution is 0.138. The van der Waals surface area contributed by atoms with E-state index in [1.54, 1.807) is 6.07 Å². The standard InChI is InChI=1S/C18H20FNO/c1-18(2)10-15-8-12(6-7-17(15)21-18)13-4-5-14(11-20-3)16(19)9-13/h4-9,20H,10-11H2,1-3H3. The number of rotatable bonds is 3. The van der Waals surface area contributed by atoms with Crippen molar-refractivity contribution in [1.82, 2.24) is 5.32 Å². The summed E-state index contributed by atoms with van der Waals surface area (Å²) in [7, 11) is 1.82. The molecule has 0 bridgehead atoms. The fraction of sp³-hybridized carbons (Fsp3) is 0.333. The number of hydrogen-bond acceptors (Lipinski definition) is 2. The number of hydrogen-bond donors (Lipinski definition) is 1. The Hall–Kier alpha value is -1.87. The molecule has 0 spiro atoms. The summed E-state index contributed by atoms with van der Waals surface area (Å²) in [5, 5.41) is 2.97. The first kappa shape index (κ1) is 14.1. The lowest BCUT2D eigenvalue weighted by atomic mass is 9.97. The molecule has 3 rings (SSSR count). The first-order valence-corrected chi connectivity index (χ1v) is 7.24. The summed E-state index contributed by atoms with van der Waals surface area (Å²) >= 11 is 0. The van der Waals surface area contributed by atoms with Crippen LogP contribution in [0.2, 0.25) is 0 Å². The highest BCUT2D eigenvalue weighted by atomic mass is 19.1. The molecule has 0 saturated heterocycles. The first-order valence-electron chi connectivity index (χ1n) is 7.24. The van der Waals surface area contributed by atoms with Gasteiger partial charge in [-0.15, -0.1) is 0 Å². The van der Waals surface area contributed by atoms with Crippen molar-refractivity contribution in [3.8, 4) is 16.9 Å². The third-order valence-electron chi connectivity index (χ3n) is 3.82. The van der Waals surface area contributed by atoms with Crippen LogP contribution in [-0.2, 0) is 13.0 Å². The van der Waals surface area contributed by atoms with Crippen LogP contribution in [-0.4, -0.2) is 12.6 Å². The molecule has 0 unspecified atom stereocenters. The lowest BCUT2D eigenvalue weighted by Crippen LogP contribution is -2.24. The quantitative estimate of drug-likeness (QED) is 0.922. The van der Waals surface area contributed by atoms with Crippen LogP contribution in [0.15, 0.2) is 36.4 Å². The maximum absolute atomic E-state index is 14.1. The Labute approximate surface area is 125 Å². The smallest absolute Gasteiger partial charge is 0.128 e. The SMILES string of the molecule is CNCc1ccc(-c2ccc3c(c2)CC(C)(C)O3)cc1F. The predicted molar refractivity (Wildman–Crippen MR) is 83.0 cm³/mol. The number of nitrogens with one attached hydrogen (secondary N) is 1. The van der Waals surface area contributed by atoms with Gasteiger partial charge in [0.25, 0.3) is 0 Å². The van der Waals surface area contributed by atoms with E-state index in [1.807, 2.05) is 31.3 Å². The van der Waals surface area contributed by atoms with Crippen LogP contribution < -0.4 is 10.1 Å². The van der Waals surface area contributed by atoms with E-state index >= 15 is 0 Å². The van der Waals surface area contributed by atoms with Gasteiger partial charge in [0.1, 0.15) is 17.2 Å². The van der Waals surface area contributed by atoms with E-state index in [1.165, 1.54) is 5.56 Å². The van der Waals surface area contributed by atoms with Crippen LogP contribution in [0.4, 0.5) is 4.39 Å². The fourth-order valence-corrected chi connectivity index (χ4v) is 2.85. The Bertz CT molecular complexity index is 679. The van der Waals surface area contributed by atoms with Gasteiger partial charge in [0, 0.05) is 18.5 Å². The third-order valence-corrected chi connectivity index (χ3v) is 3.82. The van der Waals surface area contributed by atoms with E-state index in [9.17, 15) is 4.39 Å². The fourth-order valence-electron chi connectivity index (χ4n) is 2.85. The second kappa shape index (κ2) is 5.15. The Morgan fingerprint density at radius 2 is 1.86 bits per heavy atom. The van der Waals surface area contributed by atoms with Crippen LogP contribution in [0.3, 0.4) is 0 Å². The number of ether oxygens (including phenoxy) is 1. The van der Waals surface area contributed by atoms with Crippen LogP contribution in [0.1, 0.15) is 25.0 Å². The van der Waals surface area contributed by atoms with E-state index in [0.717, 1.165) is 23.3 Å². The molecule has 2 aromatic rings. The zero-order chi connectivity index (χ0) is 15.0. The number of halogens is 1. The Morgan fingerprint density at radius 1 is 1.14 bits per heavy atom. The lowest BCUT2D eigenvalue weighted by Gasteiger charge is -2.16. The maximum atomic E-state index is 14.1. The number of benzene rings is 2. The van der Waals surface area contributed by atoms with Crippen molar-refractivity contribution in [1.29, 1.82) is 0 Å². The number of fused-ring (bicyclic) bond motifs is 1. The average molecular weight is 285 g/mol. The van der Waals surface area contributed by atoms with Crippen LogP contribution in [0, 0.1) is 5.82 Å². The summed E-state index contributed by atoms with van der Waals surface area (Å²) in [6, 6.07) is 11.5.